The molecule has 2 amide bonds. The molecule has 21 heavy (non-hydrogen) atoms. The smallest absolute Gasteiger partial charge is 0.315 e. The number of hydrogen-bond acceptors (Lipinski definition) is 2. The van der Waals surface area contributed by atoms with Crippen LogP contribution in [0.5, 0.6) is 0 Å². The van der Waals surface area contributed by atoms with Crippen LogP contribution in [-0.2, 0) is 4.79 Å². The van der Waals surface area contributed by atoms with Gasteiger partial charge in [0.15, 0.2) is 0 Å². The van der Waals surface area contributed by atoms with Gasteiger partial charge in [-0.1, -0.05) is 26.7 Å². The summed E-state index contributed by atoms with van der Waals surface area (Å²) in [5.41, 5.74) is 0.0870. The number of carboxylic acids is 1. The molecule has 120 valence electrons. The van der Waals surface area contributed by atoms with Crippen LogP contribution in [0, 0.1) is 10.8 Å². The molecular weight excluding hydrogens is 268 g/mol. The van der Waals surface area contributed by atoms with Gasteiger partial charge in [0, 0.05) is 12.6 Å². The molecule has 2 aliphatic rings. The minimum Gasteiger partial charge on any atom is -0.481 e. The second-order valence-corrected chi connectivity index (χ2v) is 7.71. The highest BCUT2D eigenvalue weighted by Crippen LogP contribution is 2.43. The number of carbonyl (C=O) groups is 2. The second-order valence-electron chi connectivity index (χ2n) is 7.71. The van der Waals surface area contributed by atoms with Crippen molar-refractivity contribution in [2.24, 2.45) is 10.8 Å². The van der Waals surface area contributed by atoms with E-state index in [4.69, 9.17) is 5.11 Å². The molecule has 0 bridgehead atoms. The summed E-state index contributed by atoms with van der Waals surface area (Å²) in [7, 11) is 0. The Morgan fingerprint density at radius 3 is 2.43 bits per heavy atom. The van der Waals surface area contributed by atoms with Gasteiger partial charge in [-0.15, -0.1) is 0 Å². The molecule has 0 aromatic carbocycles. The number of urea groups is 1. The summed E-state index contributed by atoms with van der Waals surface area (Å²) < 4.78 is 0. The highest BCUT2D eigenvalue weighted by Gasteiger charge is 2.39. The van der Waals surface area contributed by atoms with Crippen LogP contribution in [0.4, 0.5) is 4.79 Å². The van der Waals surface area contributed by atoms with Crippen molar-refractivity contribution in [2.75, 3.05) is 6.54 Å². The first kappa shape index (κ1) is 16.1. The van der Waals surface area contributed by atoms with Crippen molar-refractivity contribution in [1.29, 1.82) is 0 Å². The minimum absolute atomic E-state index is 0.144. The van der Waals surface area contributed by atoms with E-state index in [-0.39, 0.29) is 23.9 Å². The summed E-state index contributed by atoms with van der Waals surface area (Å²) in [4.78, 5) is 22.9. The van der Waals surface area contributed by atoms with Crippen LogP contribution in [0.3, 0.4) is 0 Å². The summed E-state index contributed by atoms with van der Waals surface area (Å²) in [5, 5.41) is 14.9. The maximum Gasteiger partial charge on any atom is 0.315 e. The third-order valence-corrected chi connectivity index (χ3v) is 5.10. The number of aliphatic carboxylic acids is 1. The van der Waals surface area contributed by atoms with Gasteiger partial charge in [-0.05, 0) is 42.9 Å². The summed E-state index contributed by atoms with van der Waals surface area (Å²) >= 11 is 0. The van der Waals surface area contributed by atoms with Gasteiger partial charge in [0.1, 0.15) is 0 Å². The normalized spacial score (nSPS) is 26.5. The Bertz CT molecular complexity index is 402. The van der Waals surface area contributed by atoms with Crippen molar-refractivity contribution >= 4 is 12.0 Å². The average molecular weight is 296 g/mol. The fourth-order valence-corrected chi connectivity index (χ4v) is 3.74. The molecule has 2 aliphatic carbocycles. The standard InChI is InChI=1S/C16H28N2O3/c1-15(2)6-3-5-12(9-15)18-14(21)17-11-16(7-4-8-16)10-13(19)20/h12H,3-11H2,1-2H3,(H,19,20)(H2,17,18,21). The maximum atomic E-state index is 12.0. The molecule has 5 nitrogen and oxygen atoms in total. The lowest BCUT2D eigenvalue weighted by molar-refractivity contribution is -0.141. The predicted octanol–water partition coefficient (Wildman–Crippen LogP) is 2.90. The van der Waals surface area contributed by atoms with Gasteiger partial charge in [0.2, 0.25) is 0 Å². The lowest BCUT2D eigenvalue weighted by Gasteiger charge is -2.41. The van der Waals surface area contributed by atoms with E-state index in [2.05, 4.69) is 24.5 Å². The van der Waals surface area contributed by atoms with E-state index in [0.717, 1.165) is 38.5 Å². The van der Waals surface area contributed by atoms with E-state index in [1.807, 2.05) is 0 Å². The lowest BCUT2D eigenvalue weighted by Crippen LogP contribution is -2.50. The van der Waals surface area contributed by atoms with Crippen molar-refractivity contribution < 1.29 is 14.7 Å². The fourth-order valence-electron chi connectivity index (χ4n) is 3.74. The van der Waals surface area contributed by atoms with E-state index in [9.17, 15) is 9.59 Å². The van der Waals surface area contributed by atoms with Gasteiger partial charge in [-0.2, -0.15) is 0 Å². The highest BCUT2D eigenvalue weighted by molar-refractivity contribution is 5.74. The molecule has 0 radical (unpaired) electrons. The first-order valence-corrected chi connectivity index (χ1v) is 8.07. The van der Waals surface area contributed by atoms with Crippen molar-refractivity contribution in [3.8, 4) is 0 Å². The van der Waals surface area contributed by atoms with Gasteiger partial charge >= 0.3 is 12.0 Å². The van der Waals surface area contributed by atoms with Gasteiger partial charge in [0.25, 0.3) is 0 Å². The Hall–Kier alpha value is -1.26. The molecule has 0 aliphatic heterocycles. The Morgan fingerprint density at radius 2 is 1.90 bits per heavy atom. The zero-order chi connectivity index (χ0) is 15.5. The minimum atomic E-state index is -0.772. The van der Waals surface area contributed by atoms with Crippen molar-refractivity contribution in [1.82, 2.24) is 10.6 Å². The lowest BCUT2D eigenvalue weighted by atomic mass is 9.66. The molecule has 5 heteroatoms. The first-order valence-electron chi connectivity index (χ1n) is 8.07. The quantitative estimate of drug-likeness (QED) is 0.730. The summed E-state index contributed by atoms with van der Waals surface area (Å²) in [6.07, 6.45) is 7.44. The molecule has 0 heterocycles. The molecule has 0 aromatic rings. The molecule has 1 unspecified atom stereocenters. The topological polar surface area (TPSA) is 78.4 Å². The van der Waals surface area contributed by atoms with Gasteiger partial charge < -0.3 is 15.7 Å². The maximum absolute atomic E-state index is 12.0. The van der Waals surface area contributed by atoms with Gasteiger partial charge in [0.05, 0.1) is 6.42 Å². The van der Waals surface area contributed by atoms with Crippen LogP contribution in [-0.4, -0.2) is 29.7 Å². The third kappa shape index (κ3) is 4.61. The number of nitrogens with one attached hydrogen (secondary N) is 2. The van der Waals surface area contributed by atoms with E-state index in [1.54, 1.807) is 0 Å². The molecule has 0 saturated heterocycles. The number of carboxylic acid groups (broad SMARTS) is 1. The SMILES string of the molecule is CC1(C)CCCC(NC(=O)NCC2(CC(=O)O)CCC2)C1. The number of amides is 2. The monoisotopic (exact) mass is 296 g/mol. The number of rotatable bonds is 5. The van der Waals surface area contributed by atoms with Crippen molar-refractivity contribution in [2.45, 2.75) is 71.3 Å². The molecule has 2 fully saturated rings. The molecule has 2 saturated carbocycles. The predicted molar refractivity (Wildman–Crippen MR) is 81.1 cm³/mol. The van der Waals surface area contributed by atoms with Crippen LogP contribution < -0.4 is 10.6 Å². The second kappa shape index (κ2) is 6.24. The summed E-state index contributed by atoms with van der Waals surface area (Å²) in [6, 6.07) is 0.0972. The number of hydrogen-bond donors (Lipinski definition) is 3. The van der Waals surface area contributed by atoms with Crippen LogP contribution in [0.15, 0.2) is 0 Å². The van der Waals surface area contributed by atoms with E-state index in [0.29, 0.717) is 12.0 Å². The van der Waals surface area contributed by atoms with Crippen LogP contribution in [0.2, 0.25) is 0 Å². The van der Waals surface area contributed by atoms with Crippen LogP contribution >= 0.6 is 0 Å². The summed E-state index contributed by atoms with van der Waals surface area (Å²) in [5.74, 6) is -0.772. The Morgan fingerprint density at radius 1 is 1.19 bits per heavy atom. The Balaban J connectivity index is 1.75. The zero-order valence-corrected chi connectivity index (χ0v) is 13.2. The van der Waals surface area contributed by atoms with Gasteiger partial charge in [-0.3, -0.25) is 4.79 Å². The molecule has 0 spiro atoms. The molecular formula is C16H28N2O3. The summed E-state index contributed by atoms with van der Waals surface area (Å²) in [6.45, 7) is 4.96. The van der Waals surface area contributed by atoms with Crippen LogP contribution in [0.1, 0.15) is 65.2 Å². The largest absolute Gasteiger partial charge is 0.481 e. The van der Waals surface area contributed by atoms with E-state index >= 15 is 0 Å². The first-order chi connectivity index (χ1) is 9.80. The van der Waals surface area contributed by atoms with Crippen molar-refractivity contribution in [3.05, 3.63) is 0 Å². The van der Waals surface area contributed by atoms with Crippen molar-refractivity contribution in [3.63, 3.8) is 0 Å². The van der Waals surface area contributed by atoms with Gasteiger partial charge in [-0.25, -0.2) is 4.79 Å². The Kier molecular flexibility index (Phi) is 4.79. The van der Waals surface area contributed by atoms with Crippen LogP contribution in [0.25, 0.3) is 0 Å². The fraction of sp³-hybridized carbons (Fsp3) is 0.875. The van der Waals surface area contributed by atoms with E-state index in [1.165, 1.54) is 6.42 Å². The average Bonchev–Trinajstić information content (AvgIpc) is 2.30. The Labute approximate surface area is 126 Å². The van der Waals surface area contributed by atoms with E-state index < -0.39 is 5.97 Å². The third-order valence-electron chi connectivity index (χ3n) is 5.10. The molecule has 1 atom stereocenters. The number of carbonyl (C=O) groups excluding carboxylic acids is 1. The molecule has 2 rings (SSSR count). The molecule has 3 N–H and O–H groups in total. The molecule has 0 aromatic heterocycles. The highest BCUT2D eigenvalue weighted by atomic mass is 16.4. The zero-order valence-electron chi connectivity index (χ0n) is 13.2.